The second-order valence-electron chi connectivity index (χ2n) is 3.90. The molecular formula is C11H13ClN2S. The molecule has 2 rings (SSSR count). The molecular weight excluding hydrogens is 228 g/mol. The Morgan fingerprint density at radius 2 is 2.27 bits per heavy atom. The number of thiazole rings is 1. The van der Waals surface area contributed by atoms with E-state index < -0.39 is 0 Å². The summed E-state index contributed by atoms with van der Waals surface area (Å²) in [5.74, 6) is 0. The molecule has 0 aliphatic heterocycles. The van der Waals surface area contributed by atoms with E-state index in [0.717, 1.165) is 26.7 Å². The predicted octanol–water partition coefficient (Wildman–Crippen LogP) is 3.53. The molecule has 0 aliphatic rings. The molecule has 0 amide bonds. The van der Waals surface area contributed by atoms with Crippen molar-refractivity contribution in [2.24, 2.45) is 5.73 Å². The summed E-state index contributed by atoms with van der Waals surface area (Å²) in [6.07, 6.45) is 0.876. The van der Waals surface area contributed by atoms with Crippen molar-refractivity contribution in [3.8, 4) is 0 Å². The van der Waals surface area contributed by atoms with Crippen LogP contribution in [0.15, 0.2) is 18.2 Å². The van der Waals surface area contributed by atoms with E-state index in [0.29, 0.717) is 0 Å². The molecule has 1 aromatic heterocycles. The van der Waals surface area contributed by atoms with Crippen LogP contribution in [0.2, 0.25) is 5.02 Å². The van der Waals surface area contributed by atoms with Crippen molar-refractivity contribution >= 4 is 33.2 Å². The molecule has 2 nitrogen and oxygen atoms in total. The summed E-state index contributed by atoms with van der Waals surface area (Å²) < 4.78 is 1.14. The SMILES string of the molecule is CCC(C)(N)c1nc2cc(Cl)ccc2s1. The fraction of sp³-hybridized carbons (Fsp3) is 0.364. The number of rotatable bonds is 2. The summed E-state index contributed by atoms with van der Waals surface area (Å²) in [5.41, 5.74) is 6.75. The van der Waals surface area contributed by atoms with Crippen LogP contribution in [-0.4, -0.2) is 4.98 Å². The van der Waals surface area contributed by atoms with Crippen molar-refractivity contribution in [1.82, 2.24) is 4.98 Å². The molecule has 2 N–H and O–H groups in total. The topological polar surface area (TPSA) is 38.9 Å². The number of halogens is 1. The fourth-order valence-electron chi connectivity index (χ4n) is 1.30. The minimum absolute atomic E-state index is 0.337. The van der Waals surface area contributed by atoms with Gasteiger partial charge in [-0.3, -0.25) is 0 Å². The van der Waals surface area contributed by atoms with Gasteiger partial charge in [0.1, 0.15) is 5.01 Å². The van der Waals surface area contributed by atoms with Crippen LogP contribution in [0.25, 0.3) is 10.2 Å². The third-order valence-electron chi connectivity index (χ3n) is 2.57. The molecule has 1 heterocycles. The highest BCUT2D eigenvalue weighted by molar-refractivity contribution is 7.18. The lowest BCUT2D eigenvalue weighted by Gasteiger charge is -2.18. The lowest BCUT2D eigenvalue weighted by Crippen LogP contribution is -2.31. The standard InChI is InChI=1S/C11H13ClN2S/c1-3-11(2,13)10-14-8-6-7(12)4-5-9(8)15-10/h4-6H,3,13H2,1-2H3. The first-order valence-electron chi connectivity index (χ1n) is 4.88. The normalized spacial score (nSPS) is 15.5. The van der Waals surface area contributed by atoms with E-state index in [2.05, 4.69) is 11.9 Å². The summed E-state index contributed by atoms with van der Waals surface area (Å²) in [4.78, 5) is 4.53. The summed E-state index contributed by atoms with van der Waals surface area (Å²) in [6.45, 7) is 4.07. The third kappa shape index (κ3) is 2.00. The highest BCUT2D eigenvalue weighted by atomic mass is 35.5. The van der Waals surface area contributed by atoms with Crippen molar-refractivity contribution < 1.29 is 0 Å². The molecule has 0 radical (unpaired) electrons. The number of benzene rings is 1. The Labute approximate surface area is 98.1 Å². The Bertz CT molecular complexity index is 490. The van der Waals surface area contributed by atoms with E-state index in [1.165, 1.54) is 0 Å². The van der Waals surface area contributed by atoms with Gasteiger partial charge in [-0.05, 0) is 31.5 Å². The molecule has 4 heteroatoms. The van der Waals surface area contributed by atoms with E-state index >= 15 is 0 Å². The van der Waals surface area contributed by atoms with E-state index in [1.54, 1.807) is 11.3 Å². The summed E-state index contributed by atoms with van der Waals surface area (Å²) >= 11 is 7.55. The van der Waals surface area contributed by atoms with Gasteiger partial charge in [-0.25, -0.2) is 4.98 Å². The first kappa shape index (κ1) is 10.9. The number of hydrogen-bond acceptors (Lipinski definition) is 3. The second-order valence-corrected chi connectivity index (χ2v) is 5.37. The Balaban J connectivity index is 2.56. The van der Waals surface area contributed by atoms with Gasteiger partial charge in [-0.2, -0.15) is 0 Å². The Morgan fingerprint density at radius 3 is 2.93 bits per heavy atom. The average Bonchev–Trinajstić information content (AvgIpc) is 2.61. The summed E-state index contributed by atoms with van der Waals surface area (Å²) in [5, 5.41) is 1.69. The lowest BCUT2D eigenvalue weighted by molar-refractivity contribution is 0.474. The predicted molar refractivity (Wildman–Crippen MR) is 66.5 cm³/mol. The number of fused-ring (bicyclic) bond motifs is 1. The Morgan fingerprint density at radius 1 is 1.53 bits per heavy atom. The van der Waals surface area contributed by atoms with Crippen molar-refractivity contribution in [3.05, 3.63) is 28.2 Å². The maximum Gasteiger partial charge on any atom is 0.113 e. The molecule has 0 spiro atoms. The molecule has 80 valence electrons. The molecule has 2 aromatic rings. The zero-order valence-electron chi connectivity index (χ0n) is 8.75. The summed E-state index contributed by atoms with van der Waals surface area (Å²) in [6, 6.07) is 5.75. The van der Waals surface area contributed by atoms with Gasteiger partial charge in [0, 0.05) is 5.02 Å². The number of aromatic nitrogens is 1. The van der Waals surface area contributed by atoms with Crippen molar-refractivity contribution in [2.45, 2.75) is 25.8 Å². The quantitative estimate of drug-likeness (QED) is 0.872. The number of nitrogens with zero attached hydrogens (tertiary/aromatic N) is 1. The average molecular weight is 241 g/mol. The Hall–Kier alpha value is -0.640. The zero-order valence-corrected chi connectivity index (χ0v) is 10.3. The van der Waals surface area contributed by atoms with Gasteiger partial charge >= 0.3 is 0 Å². The molecule has 15 heavy (non-hydrogen) atoms. The third-order valence-corrected chi connectivity index (χ3v) is 4.12. The maximum atomic E-state index is 6.15. The molecule has 0 aliphatic carbocycles. The van der Waals surface area contributed by atoms with Crippen molar-refractivity contribution in [2.75, 3.05) is 0 Å². The van der Waals surface area contributed by atoms with E-state index in [4.69, 9.17) is 17.3 Å². The fourth-order valence-corrected chi connectivity index (χ4v) is 2.54. The van der Waals surface area contributed by atoms with Crippen LogP contribution in [0.5, 0.6) is 0 Å². The highest BCUT2D eigenvalue weighted by Crippen LogP contribution is 2.31. The first-order chi connectivity index (χ1) is 7.03. The second kappa shape index (κ2) is 3.74. The molecule has 0 saturated carbocycles. The van der Waals surface area contributed by atoms with Crippen molar-refractivity contribution in [1.29, 1.82) is 0 Å². The van der Waals surface area contributed by atoms with Gasteiger partial charge in [-0.1, -0.05) is 18.5 Å². The first-order valence-corrected chi connectivity index (χ1v) is 6.08. The van der Waals surface area contributed by atoms with Gasteiger partial charge in [0.15, 0.2) is 0 Å². The summed E-state index contributed by atoms with van der Waals surface area (Å²) in [7, 11) is 0. The van der Waals surface area contributed by atoms with Crippen LogP contribution in [0, 0.1) is 0 Å². The monoisotopic (exact) mass is 240 g/mol. The number of hydrogen-bond donors (Lipinski definition) is 1. The molecule has 1 aromatic carbocycles. The van der Waals surface area contributed by atoms with Gasteiger partial charge in [-0.15, -0.1) is 11.3 Å². The van der Waals surface area contributed by atoms with Gasteiger partial charge < -0.3 is 5.73 Å². The molecule has 0 saturated heterocycles. The lowest BCUT2D eigenvalue weighted by atomic mass is 10.0. The van der Waals surface area contributed by atoms with Crippen LogP contribution in [0.3, 0.4) is 0 Å². The molecule has 1 atom stereocenters. The molecule has 0 bridgehead atoms. The van der Waals surface area contributed by atoms with E-state index in [-0.39, 0.29) is 5.54 Å². The minimum atomic E-state index is -0.337. The van der Waals surface area contributed by atoms with Crippen LogP contribution < -0.4 is 5.73 Å². The Kier molecular flexibility index (Phi) is 2.71. The zero-order chi connectivity index (χ0) is 11.1. The van der Waals surface area contributed by atoms with Crippen LogP contribution in [-0.2, 0) is 5.54 Å². The van der Waals surface area contributed by atoms with E-state index in [1.807, 2.05) is 25.1 Å². The molecule has 1 unspecified atom stereocenters. The smallest absolute Gasteiger partial charge is 0.113 e. The van der Waals surface area contributed by atoms with E-state index in [9.17, 15) is 0 Å². The minimum Gasteiger partial charge on any atom is -0.320 e. The number of nitrogens with two attached hydrogens (primary N) is 1. The maximum absolute atomic E-state index is 6.15. The molecule has 0 fully saturated rings. The van der Waals surface area contributed by atoms with Gasteiger partial charge in [0.25, 0.3) is 0 Å². The largest absolute Gasteiger partial charge is 0.320 e. The van der Waals surface area contributed by atoms with Crippen LogP contribution in [0.4, 0.5) is 0 Å². The highest BCUT2D eigenvalue weighted by Gasteiger charge is 2.22. The van der Waals surface area contributed by atoms with Crippen LogP contribution in [0.1, 0.15) is 25.3 Å². The van der Waals surface area contributed by atoms with Gasteiger partial charge in [0.05, 0.1) is 15.8 Å². The van der Waals surface area contributed by atoms with Crippen molar-refractivity contribution in [3.63, 3.8) is 0 Å². The van der Waals surface area contributed by atoms with Crippen LogP contribution >= 0.6 is 22.9 Å². The van der Waals surface area contributed by atoms with Gasteiger partial charge in [0.2, 0.25) is 0 Å².